The van der Waals surface area contributed by atoms with Gasteiger partial charge >= 0.3 is 0 Å². The van der Waals surface area contributed by atoms with Crippen LogP contribution in [-0.4, -0.2) is 19.6 Å². The van der Waals surface area contributed by atoms with Crippen LogP contribution >= 0.6 is 0 Å². The molecule has 4 heteroatoms. The van der Waals surface area contributed by atoms with Crippen molar-refractivity contribution in [1.82, 2.24) is 14.5 Å². The van der Waals surface area contributed by atoms with Gasteiger partial charge < -0.3 is 5.11 Å². The SMILES string of the molecule is CCc1cc(-n2c(-c3ccccc3O)nc3c(-c4cc(-c5ccccc5)cc(-c5cc(-c6ccc(-c7ccccc7)cc6)ccn5)c4)cccc32)ccc1-c1ccccc1. The van der Waals surface area contributed by atoms with Gasteiger partial charge in [-0.3, -0.25) is 9.55 Å². The first kappa shape index (κ1) is 36.5. The molecular formula is C56H41N3O. The Morgan fingerprint density at radius 1 is 0.433 bits per heavy atom. The van der Waals surface area contributed by atoms with Crippen LogP contribution in [0.25, 0.3) is 95.0 Å². The first-order valence-corrected chi connectivity index (χ1v) is 20.4. The molecule has 2 heterocycles. The van der Waals surface area contributed by atoms with E-state index in [1.165, 1.54) is 27.8 Å². The Balaban J connectivity index is 1.13. The Kier molecular flexibility index (Phi) is 9.64. The predicted octanol–water partition coefficient (Wildman–Crippen LogP) is 14.4. The normalized spacial score (nSPS) is 11.2. The lowest BCUT2D eigenvalue weighted by atomic mass is 9.93. The molecule has 0 radical (unpaired) electrons. The number of benzene rings is 8. The van der Waals surface area contributed by atoms with Crippen molar-refractivity contribution >= 4 is 11.0 Å². The van der Waals surface area contributed by atoms with Crippen LogP contribution in [0.1, 0.15) is 12.5 Å². The Hall–Kier alpha value is -7.82. The second-order valence-corrected chi connectivity index (χ2v) is 15.1. The summed E-state index contributed by atoms with van der Waals surface area (Å²) in [6, 6.07) is 71.7. The highest BCUT2D eigenvalue weighted by atomic mass is 16.3. The lowest BCUT2D eigenvalue weighted by Gasteiger charge is -2.15. The number of phenols is 1. The van der Waals surface area contributed by atoms with Gasteiger partial charge in [0.1, 0.15) is 11.6 Å². The van der Waals surface area contributed by atoms with Gasteiger partial charge in [0, 0.05) is 23.0 Å². The van der Waals surface area contributed by atoms with Gasteiger partial charge in [0.25, 0.3) is 0 Å². The summed E-state index contributed by atoms with van der Waals surface area (Å²) in [6.45, 7) is 2.20. The maximum Gasteiger partial charge on any atom is 0.149 e. The van der Waals surface area contributed by atoms with E-state index in [9.17, 15) is 5.11 Å². The number of imidazole rings is 1. The van der Waals surface area contributed by atoms with Crippen LogP contribution in [0, 0.1) is 0 Å². The summed E-state index contributed by atoms with van der Waals surface area (Å²) in [5.74, 6) is 0.860. The number of phenolic OH excluding ortho intramolecular Hbond substituents is 1. The summed E-state index contributed by atoms with van der Waals surface area (Å²) >= 11 is 0. The van der Waals surface area contributed by atoms with Crippen LogP contribution in [0.5, 0.6) is 5.75 Å². The fourth-order valence-electron chi connectivity index (χ4n) is 8.33. The summed E-state index contributed by atoms with van der Waals surface area (Å²) in [5, 5.41) is 11.3. The Morgan fingerprint density at radius 3 is 1.72 bits per heavy atom. The molecule has 0 atom stereocenters. The minimum atomic E-state index is 0.182. The Morgan fingerprint density at radius 2 is 1.02 bits per heavy atom. The molecule has 0 aliphatic rings. The van der Waals surface area contributed by atoms with Crippen molar-refractivity contribution in [3.8, 4) is 89.7 Å². The molecule has 0 spiro atoms. The second kappa shape index (κ2) is 15.8. The molecule has 0 fully saturated rings. The standard InChI is InChI=1S/C56H41N3O/c1-2-38-36-48(29-30-49(38)43-19-10-5-11-20-43)59-53-23-14-22-50(55(53)58-56(59)51-21-12-13-24-54(51)60)46-33-45(40-17-8-4-9-18-40)34-47(35-46)52-37-44(31-32-57-52)42-27-25-41(26-28-42)39-15-6-3-7-16-39/h3-37,60H,2H2,1H3. The van der Waals surface area contributed by atoms with E-state index in [1.54, 1.807) is 6.07 Å². The maximum absolute atomic E-state index is 11.3. The Bertz CT molecular complexity index is 3120. The number of hydrogen-bond acceptors (Lipinski definition) is 3. The smallest absolute Gasteiger partial charge is 0.149 e. The first-order valence-electron chi connectivity index (χ1n) is 20.4. The zero-order valence-electron chi connectivity index (χ0n) is 33.2. The van der Waals surface area contributed by atoms with Gasteiger partial charge in [-0.25, -0.2) is 4.98 Å². The van der Waals surface area contributed by atoms with E-state index in [0.29, 0.717) is 11.4 Å². The lowest BCUT2D eigenvalue weighted by Crippen LogP contribution is -2.00. The number of rotatable bonds is 9. The fraction of sp³-hybridized carbons (Fsp3) is 0.0357. The van der Waals surface area contributed by atoms with Gasteiger partial charge in [-0.05, 0) is 123 Å². The molecule has 0 bridgehead atoms. The summed E-state index contributed by atoms with van der Waals surface area (Å²) in [7, 11) is 0. The second-order valence-electron chi connectivity index (χ2n) is 15.1. The van der Waals surface area contributed by atoms with Crippen LogP contribution in [0.15, 0.2) is 212 Å². The van der Waals surface area contributed by atoms with Gasteiger partial charge in [-0.1, -0.05) is 153 Å². The van der Waals surface area contributed by atoms with Crippen molar-refractivity contribution in [3.05, 3.63) is 218 Å². The highest BCUT2D eigenvalue weighted by Crippen LogP contribution is 2.40. The zero-order valence-corrected chi connectivity index (χ0v) is 33.2. The van der Waals surface area contributed by atoms with E-state index in [2.05, 4.69) is 181 Å². The monoisotopic (exact) mass is 771 g/mol. The number of aryl methyl sites for hydroxylation is 1. The molecule has 10 rings (SSSR count). The topological polar surface area (TPSA) is 50.9 Å². The molecule has 1 N–H and O–H groups in total. The third kappa shape index (κ3) is 6.95. The minimum Gasteiger partial charge on any atom is -0.507 e. The number of fused-ring (bicyclic) bond motifs is 1. The quantitative estimate of drug-likeness (QED) is 0.159. The van der Waals surface area contributed by atoms with Crippen LogP contribution in [0.3, 0.4) is 0 Å². The zero-order chi connectivity index (χ0) is 40.4. The van der Waals surface area contributed by atoms with Gasteiger partial charge in [-0.2, -0.15) is 0 Å². The van der Waals surface area contributed by atoms with E-state index in [4.69, 9.17) is 9.97 Å². The third-order valence-corrected chi connectivity index (χ3v) is 11.4. The van der Waals surface area contributed by atoms with Gasteiger partial charge in [0.05, 0.1) is 22.3 Å². The molecule has 0 saturated carbocycles. The molecule has 0 unspecified atom stereocenters. The number of nitrogens with zero attached hydrogens (tertiary/aromatic N) is 3. The molecule has 2 aromatic heterocycles. The van der Waals surface area contributed by atoms with E-state index in [1.807, 2.05) is 36.5 Å². The predicted molar refractivity (Wildman–Crippen MR) is 248 cm³/mol. The van der Waals surface area contributed by atoms with Crippen molar-refractivity contribution in [2.24, 2.45) is 0 Å². The summed E-state index contributed by atoms with van der Waals surface area (Å²) in [4.78, 5) is 10.3. The molecular weight excluding hydrogens is 731 g/mol. The fourth-order valence-corrected chi connectivity index (χ4v) is 8.33. The maximum atomic E-state index is 11.3. The van der Waals surface area contributed by atoms with E-state index in [0.717, 1.165) is 67.8 Å². The number of pyridine rings is 1. The van der Waals surface area contributed by atoms with Crippen LogP contribution in [0.2, 0.25) is 0 Å². The highest BCUT2D eigenvalue weighted by Gasteiger charge is 2.21. The number of aromatic hydroxyl groups is 1. The van der Waals surface area contributed by atoms with Crippen molar-refractivity contribution in [2.45, 2.75) is 13.3 Å². The largest absolute Gasteiger partial charge is 0.507 e. The summed E-state index contributed by atoms with van der Waals surface area (Å²) < 4.78 is 2.19. The molecule has 60 heavy (non-hydrogen) atoms. The summed E-state index contributed by atoms with van der Waals surface area (Å²) in [5.41, 5.74) is 17.8. The van der Waals surface area contributed by atoms with E-state index >= 15 is 0 Å². The highest BCUT2D eigenvalue weighted by molar-refractivity contribution is 5.97. The van der Waals surface area contributed by atoms with Crippen molar-refractivity contribution < 1.29 is 5.11 Å². The van der Waals surface area contributed by atoms with E-state index < -0.39 is 0 Å². The number of para-hydroxylation sites is 2. The number of hydrogen-bond donors (Lipinski definition) is 1. The molecule has 286 valence electrons. The molecule has 0 saturated heterocycles. The molecule has 0 amide bonds. The molecule has 10 aromatic rings. The molecule has 8 aromatic carbocycles. The van der Waals surface area contributed by atoms with E-state index in [-0.39, 0.29) is 5.75 Å². The average molecular weight is 772 g/mol. The van der Waals surface area contributed by atoms with Gasteiger partial charge in [-0.15, -0.1) is 0 Å². The third-order valence-electron chi connectivity index (χ3n) is 11.4. The van der Waals surface area contributed by atoms with Crippen LogP contribution in [0.4, 0.5) is 0 Å². The Labute approximate surface area is 350 Å². The van der Waals surface area contributed by atoms with Crippen LogP contribution in [-0.2, 0) is 6.42 Å². The van der Waals surface area contributed by atoms with Crippen molar-refractivity contribution in [1.29, 1.82) is 0 Å². The van der Waals surface area contributed by atoms with Crippen molar-refractivity contribution in [3.63, 3.8) is 0 Å². The molecule has 4 nitrogen and oxygen atoms in total. The molecule has 0 aliphatic carbocycles. The van der Waals surface area contributed by atoms with Gasteiger partial charge in [0.2, 0.25) is 0 Å². The average Bonchev–Trinajstić information content (AvgIpc) is 3.72. The number of aromatic nitrogens is 3. The molecule has 0 aliphatic heterocycles. The van der Waals surface area contributed by atoms with Crippen LogP contribution < -0.4 is 0 Å². The van der Waals surface area contributed by atoms with Crippen molar-refractivity contribution in [2.75, 3.05) is 0 Å². The lowest BCUT2D eigenvalue weighted by molar-refractivity contribution is 0.477. The van der Waals surface area contributed by atoms with Gasteiger partial charge in [0.15, 0.2) is 0 Å². The first-order chi connectivity index (χ1) is 29.6. The summed E-state index contributed by atoms with van der Waals surface area (Å²) in [6.07, 6.45) is 2.77. The minimum absolute atomic E-state index is 0.182.